The van der Waals surface area contributed by atoms with Crippen molar-refractivity contribution in [2.24, 2.45) is 0 Å². The minimum absolute atomic E-state index is 0.189. The Morgan fingerprint density at radius 3 is 2.19 bits per heavy atom. The van der Waals surface area contributed by atoms with Crippen LogP contribution in [0.5, 0.6) is 5.75 Å². The van der Waals surface area contributed by atoms with E-state index in [-0.39, 0.29) is 17.7 Å². The van der Waals surface area contributed by atoms with E-state index in [1.807, 2.05) is 17.0 Å². The number of likely N-dealkylation sites (tertiary alicyclic amines) is 1. The van der Waals surface area contributed by atoms with Crippen LogP contribution in [0.4, 0.5) is 17.1 Å². The molecule has 9 nitrogen and oxygen atoms in total. The Morgan fingerprint density at radius 2 is 1.52 bits per heavy atom. The van der Waals surface area contributed by atoms with Crippen LogP contribution in [0, 0.1) is 6.92 Å². The molecule has 3 aromatic carbocycles. The molecule has 0 aromatic heterocycles. The zero-order valence-corrected chi connectivity index (χ0v) is 24.4. The third kappa shape index (κ3) is 6.84. The molecule has 0 atom stereocenters. The van der Waals surface area contributed by atoms with E-state index in [4.69, 9.17) is 4.74 Å². The second-order valence-corrected chi connectivity index (χ2v) is 10.8. The average molecular weight is 570 g/mol. The normalized spacial score (nSPS) is 15.1. The van der Waals surface area contributed by atoms with Gasteiger partial charge in [-0.3, -0.25) is 14.4 Å². The summed E-state index contributed by atoms with van der Waals surface area (Å²) < 4.78 is 5.22. The highest BCUT2D eigenvalue weighted by Crippen LogP contribution is 2.30. The first kappa shape index (κ1) is 29.0. The SMILES string of the molecule is COc1ccc(C(=O)Nc2cc(C(=O)NCCCN3CCCC3=O)ccc2N2CCN(c3ccccc3C)CC2)cc1. The van der Waals surface area contributed by atoms with Gasteiger partial charge in [0.05, 0.1) is 18.5 Å². The van der Waals surface area contributed by atoms with E-state index < -0.39 is 0 Å². The van der Waals surface area contributed by atoms with Crippen LogP contribution in [0.25, 0.3) is 0 Å². The summed E-state index contributed by atoms with van der Waals surface area (Å²) in [5.74, 6) is 0.393. The van der Waals surface area contributed by atoms with Gasteiger partial charge in [0.1, 0.15) is 5.75 Å². The third-order valence-corrected chi connectivity index (χ3v) is 8.00. The molecule has 0 saturated carbocycles. The molecule has 3 amide bonds. The van der Waals surface area contributed by atoms with Crippen molar-refractivity contribution in [3.63, 3.8) is 0 Å². The molecule has 0 bridgehead atoms. The van der Waals surface area contributed by atoms with Gasteiger partial charge in [-0.1, -0.05) is 18.2 Å². The number of rotatable bonds is 10. The number of ether oxygens (including phenoxy) is 1. The van der Waals surface area contributed by atoms with Gasteiger partial charge >= 0.3 is 0 Å². The van der Waals surface area contributed by atoms with Crippen LogP contribution < -0.4 is 25.2 Å². The molecule has 0 spiro atoms. The van der Waals surface area contributed by atoms with Gasteiger partial charge in [0.25, 0.3) is 11.8 Å². The zero-order chi connectivity index (χ0) is 29.5. The van der Waals surface area contributed by atoms with Crippen LogP contribution in [0.3, 0.4) is 0 Å². The number of methoxy groups -OCH3 is 1. The highest BCUT2D eigenvalue weighted by atomic mass is 16.5. The second-order valence-electron chi connectivity index (χ2n) is 10.8. The maximum Gasteiger partial charge on any atom is 0.255 e. The number of hydrogen-bond donors (Lipinski definition) is 2. The summed E-state index contributed by atoms with van der Waals surface area (Å²) in [6, 6.07) is 20.8. The van der Waals surface area contributed by atoms with E-state index in [1.165, 1.54) is 11.3 Å². The molecule has 2 N–H and O–H groups in total. The van der Waals surface area contributed by atoms with Crippen molar-refractivity contribution in [1.82, 2.24) is 10.2 Å². The van der Waals surface area contributed by atoms with Crippen LogP contribution in [-0.4, -0.2) is 75.5 Å². The van der Waals surface area contributed by atoms with Crippen molar-refractivity contribution in [1.29, 1.82) is 0 Å². The predicted octanol–water partition coefficient (Wildman–Crippen LogP) is 4.32. The van der Waals surface area contributed by atoms with E-state index in [9.17, 15) is 14.4 Å². The Morgan fingerprint density at radius 1 is 0.833 bits per heavy atom. The van der Waals surface area contributed by atoms with E-state index >= 15 is 0 Å². The molecule has 2 heterocycles. The maximum atomic E-state index is 13.3. The number of aryl methyl sites for hydroxylation is 1. The fourth-order valence-corrected chi connectivity index (χ4v) is 5.61. The van der Waals surface area contributed by atoms with Gasteiger partial charge in [-0.25, -0.2) is 0 Å². The summed E-state index contributed by atoms with van der Waals surface area (Å²) in [6.07, 6.45) is 2.22. The number of piperazine rings is 1. The molecular weight excluding hydrogens is 530 g/mol. The second kappa shape index (κ2) is 13.4. The highest BCUT2D eigenvalue weighted by molar-refractivity contribution is 6.07. The molecule has 42 heavy (non-hydrogen) atoms. The van der Waals surface area contributed by atoms with Crippen molar-refractivity contribution in [2.75, 3.05) is 68.0 Å². The van der Waals surface area contributed by atoms with Crippen molar-refractivity contribution < 1.29 is 19.1 Å². The van der Waals surface area contributed by atoms with Gasteiger partial charge in [0.2, 0.25) is 5.91 Å². The molecule has 0 radical (unpaired) electrons. The van der Waals surface area contributed by atoms with Gasteiger partial charge in [-0.05, 0) is 73.9 Å². The lowest BCUT2D eigenvalue weighted by molar-refractivity contribution is -0.127. The minimum Gasteiger partial charge on any atom is -0.497 e. The topological polar surface area (TPSA) is 94.2 Å². The Hall–Kier alpha value is -4.53. The van der Waals surface area contributed by atoms with Crippen LogP contribution in [-0.2, 0) is 4.79 Å². The lowest BCUT2D eigenvalue weighted by atomic mass is 10.1. The number of carbonyl (C=O) groups excluding carboxylic acids is 3. The number of amides is 3. The summed E-state index contributed by atoms with van der Waals surface area (Å²) in [6.45, 7) is 7.29. The van der Waals surface area contributed by atoms with Gasteiger partial charge in [0.15, 0.2) is 0 Å². The smallest absolute Gasteiger partial charge is 0.255 e. The van der Waals surface area contributed by atoms with Gasteiger partial charge in [-0.2, -0.15) is 0 Å². The Labute approximate surface area is 247 Å². The van der Waals surface area contributed by atoms with Crippen molar-refractivity contribution in [3.05, 3.63) is 83.4 Å². The van der Waals surface area contributed by atoms with Crippen LogP contribution in [0.15, 0.2) is 66.7 Å². The van der Waals surface area contributed by atoms with Gasteiger partial charge in [0, 0.05) is 69.0 Å². The Balaban J connectivity index is 1.29. The van der Waals surface area contributed by atoms with Crippen molar-refractivity contribution in [2.45, 2.75) is 26.2 Å². The number of nitrogens with one attached hydrogen (secondary N) is 2. The molecule has 220 valence electrons. The largest absolute Gasteiger partial charge is 0.497 e. The number of nitrogens with zero attached hydrogens (tertiary/aromatic N) is 3. The van der Waals surface area contributed by atoms with Crippen molar-refractivity contribution >= 4 is 34.8 Å². The Bertz CT molecular complexity index is 1420. The molecule has 0 aliphatic carbocycles. The van der Waals surface area contributed by atoms with Gasteiger partial charge < -0.3 is 30.1 Å². The maximum absolute atomic E-state index is 13.3. The number of benzene rings is 3. The monoisotopic (exact) mass is 569 g/mol. The molecule has 0 unspecified atom stereocenters. The third-order valence-electron chi connectivity index (χ3n) is 8.00. The van der Waals surface area contributed by atoms with Crippen LogP contribution in [0.2, 0.25) is 0 Å². The van der Waals surface area contributed by atoms with E-state index in [2.05, 4.69) is 51.6 Å². The number of hydrogen-bond acceptors (Lipinski definition) is 6. The molecular formula is C33H39N5O4. The lowest BCUT2D eigenvalue weighted by Crippen LogP contribution is -2.47. The summed E-state index contributed by atoms with van der Waals surface area (Å²) >= 11 is 0. The van der Waals surface area contributed by atoms with E-state index in [0.717, 1.165) is 44.8 Å². The Kier molecular flexibility index (Phi) is 9.26. The summed E-state index contributed by atoms with van der Waals surface area (Å²) in [5.41, 5.74) is 4.94. The number of para-hydroxylation sites is 1. The molecule has 2 aliphatic heterocycles. The first-order chi connectivity index (χ1) is 20.4. The average Bonchev–Trinajstić information content (AvgIpc) is 3.43. The highest BCUT2D eigenvalue weighted by Gasteiger charge is 2.23. The minimum atomic E-state index is -0.259. The molecule has 3 aromatic rings. The molecule has 2 aliphatic rings. The fourth-order valence-electron chi connectivity index (χ4n) is 5.61. The van der Waals surface area contributed by atoms with Crippen LogP contribution >= 0.6 is 0 Å². The number of carbonyl (C=O) groups is 3. The summed E-state index contributed by atoms with van der Waals surface area (Å²) in [5, 5.41) is 6.03. The predicted molar refractivity (Wildman–Crippen MR) is 166 cm³/mol. The standard InChI is InChI=1S/C33H39N5O4/c1-24-7-3-4-8-29(24)36-19-21-37(22-20-36)30-15-12-26(32(40)34-16-6-18-38-17-5-9-31(38)39)23-28(30)35-33(41)25-10-13-27(42-2)14-11-25/h3-4,7-8,10-15,23H,5-6,9,16-22H2,1-2H3,(H,34,40)(H,35,41). The summed E-state index contributed by atoms with van der Waals surface area (Å²) in [7, 11) is 1.59. The van der Waals surface area contributed by atoms with Gasteiger partial charge in [-0.15, -0.1) is 0 Å². The van der Waals surface area contributed by atoms with E-state index in [1.54, 1.807) is 37.4 Å². The number of anilines is 3. The summed E-state index contributed by atoms with van der Waals surface area (Å²) in [4.78, 5) is 44.7. The molecule has 9 heteroatoms. The fraction of sp³-hybridized carbons (Fsp3) is 0.364. The first-order valence-electron chi connectivity index (χ1n) is 14.6. The van der Waals surface area contributed by atoms with Crippen molar-refractivity contribution in [3.8, 4) is 5.75 Å². The quantitative estimate of drug-likeness (QED) is 0.353. The lowest BCUT2D eigenvalue weighted by Gasteiger charge is -2.38. The molecule has 2 fully saturated rings. The molecule has 5 rings (SSSR count). The first-order valence-corrected chi connectivity index (χ1v) is 14.6. The molecule has 2 saturated heterocycles. The zero-order valence-electron chi connectivity index (χ0n) is 24.4. The van der Waals surface area contributed by atoms with Crippen LogP contribution in [0.1, 0.15) is 45.5 Å². The van der Waals surface area contributed by atoms with E-state index in [0.29, 0.717) is 48.5 Å².